The molecule has 0 bridgehead atoms. The van der Waals surface area contributed by atoms with E-state index in [4.69, 9.17) is 0 Å². The SMILES string of the molecule is CCc1ccccc1NC(=O)Cn1ccc2cc(C(C)C)ccc21. The molecule has 0 aliphatic heterocycles. The van der Waals surface area contributed by atoms with Crippen molar-refractivity contribution in [2.24, 2.45) is 0 Å². The van der Waals surface area contributed by atoms with Crippen LogP contribution < -0.4 is 5.32 Å². The smallest absolute Gasteiger partial charge is 0.244 e. The number of rotatable bonds is 5. The molecule has 1 N–H and O–H groups in total. The fourth-order valence-electron chi connectivity index (χ4n) is 3.01. The molecule has 0 aliphatic rings. The van der Waals surface area contributed by atoms with Crippen molar-refractivity contribution >= 4 is 22.5 Å². The first kappa shape index (κ1) is 16.3. The Labute approximate surface area is 143 Å². The van der Waals surface area contributed by atoms with Crippen LogP contribution in [-0.2, 0) is 17.8 Å². The lowest BCUT2D eigenvalue weighted by Crippen LogP contribution is -2.19. The predicted octanol–water partition coefficient (Wildman–Crippen LogP) is 4.97. The standard InChI is InChI=1S/C21H24N2O/c1-4-16-7-5-6-8-19(16)22-21(24)14-23-12-11-18-13-17(15(2)3)9-10-20(18)23/h5-13,15H,4,14H2,1-3H3,(H,22,24). The number of benzene rings is 2. The average molecular weight is 320 g/mol. The Kier molecular flexibility index (Phi) is 4.70. The molecular formula is C21H24N2O. The van der Waals surface area contributed by atoms with E-state index in [1.54, 1.807) is 0 Å². The van der Waals surface area contributed by atoms with Crippen LogP contribution in [0.15, 0.2) is 54.7 Å². The van der Waals surface area contributed by atoms with Crippen LogP contribution in [0.2, 0.25) is 0 Å². The van der Waals surface area contributed by atoms with E-state index < -0.39 is 0 Å². The fourth-order valence-corrected chi connectivity index (χ4v) is 3.01. The van der Waals surface area contributed by atoms with E-state index in [0.717, 1.165) is 23.2 Å². The van der Waals surface area contributed by atoms with Crippen molar-refractivity contribution in [1.29, 1.82) is 0 Å². The Morgan fingerprint density at radius 1 is 1.12 bits per heavy atom. The van der Waals surface area contributed by atoms with E-state index in [1.165, 1.54) is 10.9 Å². The summed E-state index contributed by atoms with van der Waals surface area (Å²) in [7, 11) is 0. The third-order valence-corrected chi connectivity index (χ3v) is 4.45. The first-order valence-electron chi connectivity index (χ1n) is 8.55. The number of para-hydroxylation sites is 1. The molecule has 2 aromatic carbocycles. The zero-order chi connectivity index (χ0) is 17.1. The van der Waals surface area contributed by atoms with Gasteiger partial charge >= 0.3 is 0 Å². The highest BCUT2D eigenvalue weighted by Crippen LogP contribution is 2.22. The Morgan fingerprint density at radius 3 is 2.67 bits per heavy atom. The topological polar surface area (TPSA) is 34.0 Å². The number of fused-ring (bicyclic) bond motifs is 1. The minimum absolute atomic E-state index is 0.00124. The maximum atomic E-state index is 12.4. The number of aromatic nitrogens is 1. The number of hydrogen-bond donors (Lipinski definition) is 1. The molecule has 3 aromatic rings. The van der Waals surface area contributed by atoms with Gasteiger partial charge in [-0.1, -0.05) is 45.0 Å². The Morgan fingerprint density at radius 2 is 1.92 bits per heavy atom. The monoisotopic (exact) mass is 320 g/mol. The maximum Gasteiger partial charge on any atom is 0.244 e. The van der Waals surface area contributed by atoms with Gasteiger partial charge in [-0.2, -0.15) is 0 Å². The molecule has 1 heterocycles. The summed E-state index contributed by atoms with van der Waals surface area (Å²) in [6.07, 6.45) is 2.89. The number of nitrogens with one attached hydrogen (secondary N) is 1. The van der Waals surface area contributed by atoms with Gasteiger partial charge in [-0.05, 0) is 53.1 Å². The third kappa shape index (κ3) is 3.35. The van der Waals surface area contributed by atoms with Gasteiger partial charge in [-0.3, -0.25) is 4.79 Å². The van der Waals surface area contributed by atoms with Crippen molar-refractivity contribution in [3.63, 3.8) is 0 Å². The second kappa shape index (κ2) is 6.91. The summed E-state index contributed by atoms with van der Waals surface area (Å²) in [5, 5.41) is 4.22. The van der Waals surface area contributed by atoms with Gasteiger partial charge in [0.15, 0.2) is 0 Å². The average Bonchev–Trinajstić information content (AvgIpc) is 2.97. The van der Waals surface area contributed by atoms with E-state index in [9.17, 15) is 4.79 Å². The minimum atomic E-state index is 0.00124. The highest BCUT2D eigenvalue weighted by molar-refractivity contribution is 5.92. The maximum absolute atomic E-state index is 12.4. The molecule has 0 saturated carbocycles. The second-order valence-electron chi connectivity index (χ2n) is 6.48. The van der Waals surface area contributed by atoms with Gasteiger partial charge in [0.1, 0.15) is 6.54 Å². The van der Waals surface area contributed by atoms with Crippen LogP contribution in [0.4, 0.5) is 5.69 Å². The van der Waals surface area contributed by atoms with Crippen molar-refractivity contribution in [2.75, 3.05) is 5.32 Å². The molecule has 0 aliphatic carbocycles. The third-order valence-electron chi connectivity index (χ3n) is 4.45. The number of aryl methyl sites for hydroxylation is 1. The summed E-state index contributed by atoms with van der Waals surface area (Å²) in [5.74, 6) is 0.507. The van der Waals surface area contributed by atoms with Crippen molar-refractivity contribution < 1.29 is 4.79 Å². The molecule has 1 aromatic heterocycles. The molecule has 0 atom stereocenters. The summed E-state index contributed by atoms with van der Waals surface area (Å²) in [5.41, 5.74) is 4.48. The Balaban J connectivity index is 1.78. The zero-order valence-corrected chi connectivity index (χ0v) is 14.5. The van der Waals surface area contributed by atoms with Gasteiger partial charge in [0.05, 0.1) is 0 Å². The van der Waals surface area contributed by atoms with Crippen molar-refractivity contribution in [3.05, 3.63) is 65.9 Å². The van der Waals surface area contributed by atoms with Crippen LogP contribution in [0, 0.1) is 0 Å². The van der Waals surface area contributed by atoms with Gasteiger partial charge in [0.25, 0.3) is 0 Å². The highest BCUT2D eigenvalue weighted by Gasteiger charge is 2.09. The highest BCUT2D eigenvalue weighted by atomic mass is 16.1. The molecule has 0 fully saturated rings. The number of anilines is 1. The summed E-state index contributed by atoms with van der Waals surface area (Å²) in [6.45, 7) is 6.80. The molecule has 3 nitrogen and oxygen atoms in total. The fraction of sp³-hybridized carbons (Fsp3) is 0.286. The van der Waals surface area contributed by atoms with Gasteiger partial charge in [-0.25, -0.2) is 0 Å². The van der Waals surface area contributed by atoms with Gasteiger partial charge in [-0.15, -0.1) is 0 Å². The Bertz CT molecular complexity index is 861. The number of amides is 1. The summed E-state index contributed by atoms with van der Waals surface area (Å²) >= 11 is 0. The normalized spacial score (nSPS) is 11.2. The van der Waals surface area contributed by atoms with Crippen molar-refractivity contribution in [3.8, 4) is 0 Å². The number of carbonyl (C=O) groups is 1. The molecule has 1 amide bonds. The molecular weight excluding hydrogens is 296 g/mol. The van der Waals surface area contributed by atoms with Gasteiger partial charge < -0.3 is 9.88 Å². The van der Waals surface area contributed by atoms with Gasteiger partial charge in [0, 0.05) is 17.4 Å². The lowest BCUT2D eigenvalue weighted by atomic mass is 10.0. The van der Waals surface area contributed by atoms with Crippen molar-refractivity contribution in [1.82, 2.24) is 4.57 Å². The van der Waals surface area contributed by atoms with E-state index in [2.05, 4.69) is 50.4 Å². The molecule has 3 rings (SSSR count). The molecule has 124 valence electrons. The van der Waals surface area contributed by atoms with Crippen LogP contribution in [0.3, 0.4) is 0 Å². The first-order valence-corrected chi connectivity index (χ1v) is 8.55. The molecule has 0 unspecified atom stereocenters. The quantitative estimate of drug-likeness (QED) is 0.708. The molecule has 0 spiro atoms. The predicted molar refractivity (Wildman–Crippen MR) is 100 cm³/mol. The van der Waals surface area contributed by atoms with Crippen LogP contribution in [0.25, 0.3) is 10.9 Å². The summed E-state index contributed by atoms with van der Waals surface area (Å²) < 4.78 is 2.00. The molecule has 0 radical (unpaired) electrons. The number of hydrogen-bond acceptors (Lipinski definition) is 1. The van der Waals surface area contributed by atoms with Crippen LogP contribution in [0.1, 0.15) is 37.8 Å². The van der Waals surface area contributed by atoms with E-state index >= 15 is 0 Å². The minimum Gasteiger partial charge on any atom is -0.338 e. The van der Waals surface area contributed by atoms with E-state index in [-0.39, 0.29) is 5.91 Å². The largest absolute Gasteiger partial charge is 0.338 e. The zero-order valence-electron chi connectivity index (χ0n) is 14.5. The van der Waals surface area contributed by atoms with Crippen LogP contribution in [-0.4, -0.2) is 10.5 Å². The summed E-state index contributed by atoms with van der Waals surface area (Å²) in [6, 6.07) is 16.5. The molecule has 3 heteroatoms. The lowest BCUT2D eigenvalue weighted by Gasteiger charge is -2.11. The summed E-state index contributed by atoms with van der Waals surface area (Å²) in [4.78, 5) is 12.4. The molecule has 24 heavy (non-hydrogen) atoms. The van der Waals surface area contributed by atoms with Gasteiger partial charge in [0.2, 0.25) is 5.91 Å². The lowest BCUT2D eigenvalue weighted by molar-refractivity contribution is -0.116. The van der Waals surface area contributed by atoms with Crippen LogP contribution in [0.5, 0.6) is 0 Å². The van der Waals surface area contributed by atoms with Crippen molar-refractivity contribution in [2.45, 2.75) is 39.7 Å². The van der Waals surface area contributed by atoms with E-state index in [1.807, 2.05) is 35.0 Å². The second-order valence-corrected chi connectivity index (χ2v) is 6.48. The molecule has 0 saturated heterocycles. The number of carbonyl (C=O) groups excluding carboxylic acids is 1. The first-order chi connectivity index (χ1) is 11.6. The number of nitrogens with zero attached hydrogens (tertiary/aromatic N) is 1. The Hall–Kier alpha value is -2.55. The van der Waals surface area contributed by atoms with E-state index in [0.29, 0.717) is 12.5 Å². The van der Waals surface area contributed by atoms with Crippen LogP contribution >= 0.6 is 0 Å².